The molecule has 2 aromatic rings. The summed E-state index contributed by atoms with van der Waals surface area (Å²) in [5, 5.41) is 6.26. The number of nitrogens with two attached hydrogens (primary N) is 1. The van der Waals surface area contributed by atoms with Gasteiger partial charge in [0, 0.05) is 18.6 Å². The first-order valence-corrected chi connectivity index (χ1v) is 8.25. The van der Waals surface area contributed by atoms with Crippen molar-refractivity contribution < 1.29 is 9.53 Å². The Morgan fingerprint density at radius 3 is 2.54 bits per heavy atom. The average Bonchev–Trinajstić information content (AvgIpc) is 3.08. The minimum Gasteiger partial charge on any atom is -0.492 e. The third-order valence-corrected chi connectivity index (χ3v) is 4.19. The monoisotopic (exact) mass is 325 g/mol. The molecule has 1 saturated heterocycles. The van der Waals surface area contributed by atoms with Gasteiger partial charge in [0.1, 0.15) is 12.4 Å². The molecule has 3 rings (SSSR count). The van der Waals surface area contributed by atoms with Crippen molar-refractivity contribution in [1.29, 1.82) is 0 Å². The van der Waals surface area contributed by atoms with Gasteiger partial charge in [0.25, 0.3) is 0 Å². The molecule has 0 saturated carbocycles. The van der Waals surface area contributed by atoms with Crippen molar-refractivity contribution in [3.63, 3.8) is 0 Å². The van der Waals surface area contributed by atoms with Crippen LogP contribution in [0.3, 0.4) is 0 Å². The summed E-state index contributed by atoms with van der Waals surface area (Å²) >= 11 is 0. The predicted octanol–water partition coefficient (Wildman–Crippen LogP) is 1.54. The first-order valence-electron chi connectivity index (χ1n) is 8.25. The van der Waals surface area contributed by atoms with Crippen molar-refractivity contribution in [3.8, 4) is 16.9 Å². The van der Waals surface area contributed by atoms with Gasteiger partial charge in [0.2, 0.25) is 5.91 Å². The van der Waals surface area contributed by atoms with Crippen LogP contribution in [0.4, 0.5) is 0 Å². The van der Waals surface area contributed by atoms with Gasteiger partial charge in [0.05, 0.1) is 6.54 Å². The molecule has 24 heavy (non-hydrogen) atoms. The molecule has 5 heteroatoms. The lowest BCUT2D eigenvalue weighted by Crippen LogP contribution is -2.39. The highest BCUT2D eigenvalue weighted by Gasteiger charge is 2.25. The average molecular weight is 325 g/mol. The Balaban J connectivity index is 1.48. The second-order valence-electron chi connectivity index (χ2n) is 6.01. The number of carbonyl (C=O) groups is 1. The number of ether oxygens (including phenoxy) is 1. The van der Waals surface area contributed by atoms with Crippen LogP contribution in [0.25, 0.3) is 11.1 Å². The van der Waals surface area contributed by atoms with Gasteiger partial charge < -0.3 is 21.1 Å². The summed E-state index contributed by atoms with van der Waals surface area (Å²) in [6.07, 6.45) is 0.855. The summed E-state index contributed by atoms with van der Waals surface area (Å²) in [7, 11) is 0. The fourth-order valence-electron chi connectivity index (χ4n) is 2.91. The van der Waals surface area contributed by atoms with E-state index in [1.165, 1.54) is 11.1 Å². The van der Waals surface area contributed by atoms with Crippen molar-refractivity contribution >= 4 is 5.91 Å². The maximum atomic E-state index is 11.3. The quantitative estimate of drug-likeness (QED) is 0.753. The number of rotatable bonds is 6. The molecule has 5 nitrogen and oxygen atoms in total. The van der Waals surface area contributed by atoms with Crippen LogP contribution in [-0.4, -0.2) is 37.7 Å². The summed E-state index contributed by atoms with van der Waals surface area (Å²) < 4.78 is 5.86. The molecule has 0 bridgehead atoms. The molecular formula is C19H23N3O2. The highest BCUT2D eigenvalue weighted by atomic mass is 16.5. The molecule has 0 spiro atoms. The topological polar surface area (TPSA) is 76.4 Å². The van der Waals surface area contributed by atoms with E-state index in [0.29, 0.717) is 6.61 Å². The second kappa shape index (κ2) is 7.95. The largest absolute Gasteiger partial charge is 0.492 e. The maximum Gasteiger partial charge on any atom is 0.233 e. The number of benzene rings is 2. The zero-order chi connectivity index (χ0) is 16.8. The van der Waals surface area contributed by atoms with Crippen LogP contribution in [-0.2, 0) is 4.79 Å². The molecule has 1 heterocycles. The normalized spacial score (nSPS) is 19.9. The van der Waals surface area contributed by atoms with Crippen LogP contribution in [0.2, 0.25) is 0 Å². The Morgan fingerprint density at radius 1 is 1.12 bits per heavy atom. The standard InChI is InChI=1S/C19H23N3O2/c20-11-19(23)22-16-10-17(21-12-16)13-24-18-8-6-15(7-9-18)14-4-2-1-3-5-14/h1-9,16-17,21H,10-13,20H2,(H,22,23). The van der Waals surface area contributed by atoms with Gasteiger partial charge in [-0.25, -0.2) is 0 Å². The Bertz CT molecular complexity index is 658. The summed E-state index contributed by atoms with van der Waals surface area (Å²) in [4.78, 5) is 11.3. The van der Waals surface area contributed by atoms with E-state index in [9.17, 15) is 4.79 Å². The van der Waals surface area contributed by atoms with E-state index in [1.807, 2.05) is 30.3 Å². The fraction of sp³-hybridized carbons (Fsp3) is 0.316. The van der Waals surface area contributed by atoms with E-state index >= 15 is 0 Å². The minimum atomic E-state index is -0.111. The fourth-order valence-corrected chi connectivity index (χ4v) is 2.91. The molecule has 0 aliphatic carbocycles. The summed E-state index contributed by atoms with van der Waals surface area (Å²) in [5.74, 6) is 0.741. The first-order chi connectivity index (χ1) is 11.7. The Morgan fingerprint density at radius 2 is 1.83 bits per heavy atom. The van der Waals surface area contributed by atoms with Crippen LogP contribution in [0.15, 0.2) is 54.6 Å². The molecule has 1 amide bonds. The van der Waals surface area contributed by atoms with E-state index in [-0.39, 0.29) is 24.5 Å². The van der Waals surface area contributed by atoms with Crippen molar-refractivity contribution in [1.82, 2.24) is 10.6 Å². The van der Waals surface area contributed by atoms with E-state index < -0.39 is 0 Å². The molecule has 2 aromatic carbocycles. The third kappa shape index (κ3) is 4.34. The lowest BCUT2D eigenvalue weighted by atomic mass is 10.1. The molecule has 1 fully saturated rings. The number of amides is 1. The minimum absolute atomic E-state index is 0.0332. The Hall–Kier alpha value is -2.37. The van der Waals surface area contributed by atoms with Gasteiger partial charge in [-0.1, -0.05) is 42.5 Å². The molecule has 4 N–H and O–H groups in total. The highest BCUT2D eigenvalue weighted by Crippen LogP contribution is 2.22. The van der Waals surface area contributed by atoms with Gasteiger partial charge in [0.15, 0.2) is 0 Å². The highest BCUT2D eigenvalue weighted by molar-refractivity contribution is 5.78. The molecule has 0 radical (unpaired) electrons. The van der Waals surface area contributed by atoms with Gasteiger partial charge in [-0.2, -0.15) is 0 Å². The van der Waals surface area contributed by atoms with Crippen LogP contribution >= 0.6 is 0 Å². The molecular weight excluding hydrogens is 302 g/mol. The number of hydrogen-bond acceptors (Lipinski definition) is 4. The number of carbonyl (C=O) groups excluding carboxylic acids is 1. The molecule has 0 aromatic heterocycles. The van der Waals surface area contributed by atoms with Crippen molar-refractivity contribution in [3.05, 3.63) is 54.6 Å². The molecule has 126 valence electrons. The van der Waals surface area contributed by atoms with E-state index in [0.717, 1.165) is 18.7 Å². The smallest absolute Gasteiger partial charge is 0.233 e. The zero-order valence-corrected chi connectivity index (χ0v) is 13.6. The van der Waals surface area contributed by atoms with Crippen molar-refractivity contribution in [2.75, 3.05) is 19.7 Å². The number of nitrogens with one attached hydrogen (secondary N) is 2. The maximum absolute atomic E-state index is 11.3. The van der Waals surface area contributed by atoms with Crippen LogP contribution in [0, 0.1) is 0 Å². The molecule has 2 atom stereocenters. The van der Waals surface area contributed by atoms with Crippen molar-refractivity contribution in [2.45, 2.75) is 18.5 Å². The van der Waals surface area contributed by atoms with E-state index in [1.54, 1.807) is 0 Å². The van der Waals surface area contributed by atoms with Gasteiger partial charge >= 0.3 is 0 Å². The lowest BCUT2D eigenvalue weighted by molar-refractivity contribution is -0.120. The van der Waals surface area contributed by atoms with Gasteiger partial charge in [-0.05, 0) is 29.7 Å². The van der Waals surface area contributed by atoms with Gasteiger partial charge in [-0.3, -0.25) is 4.79 Å². The summed E-state index contributed by atoms with van der Waals surface area (Å²) in [6.45, 7) is 1.37. The van der Waals surface area contributed by atoms with Gasteiger partial charge in [-0.15, -0.1) is 0 Å². The SMILES string of the molecule is NCC(=O)NC1CNC(COc2ccc(-c3ccccc3)cc2)C1. The molecule has 1 aliphatic heterocycles. The van der Waals surface area contributed by atoms with Crippen LogP contribution in [0.1, 0.15) is 6.42 Å². The lowest BCUT2D eigenvalue weighted by Gasteiger charge is -2.13. The molecule has 1 aliphatic rings. The Labute approximate surface area is 142 Å². The van der Waals surface area contributed by atoms with Crippen molar-refractivity contribution in [2.24, 2.45) is 5.73 Å². The zero-order valence-electron chi connectivity index (χ0n) is 13.6. The summed E-state index contributed by atoms with van der Waals surface area (Å²) in [6, 6.07) is 18.7. The molecule has 2 unspecified atom stereocenters. The van der Waals surface area contributed by atoms with E-state index in [2.05, 4.69) is 34.9 Å². The first kappa shape index (κ1) is 16.5. The number of hydrogen-bond donors (Lipinski definition) is 3. The summed E-state index contributed by atoms with van der Waals surface area (Å²) in [5.41, 5.74) is 7.68. The van der Waals surface area contributed by atoms with Crippen LogP contribution in [0.5, 0.6) is 5.75 Å². The Kier molecular flexibility index (Phi) is 5.46. The predicted molar refractivity (Wildman–Crippen MR) is 94.8 cm³/mol. The second-order valence-corrected chi connectivity index (χ2v) is 6.01. The van der Waals surface area contributed by atoms with Crippen LogP contribution < -0.4 is 21.1 Å². The van der Waals surface area contributed by atoms with E-state index in [4.69, 9.17) is 10.5 Å². The third-order valence-electron chi connectivity index (χ3n) is 4.19.